The molecule has 0 fully saturated rings. The molecule has 1 rings (SSSR count). The highest BCUT2D eigenvalue weighted by Crippen LogP contribution is 2.21. The highest BCUT2D eigenvalue weighted by molar-refractivity contribution is 7.14. The largest absolute Gasteiger partial charge is 0.478 e. The van der Waals surface area contributed by atoms with Gasteiger partial charge in [0.25, 0.3) is 0 Å². The summed E-state index contributed by atoms with van der Waals surface area (Å²) in [6.07, 6.45) is 1.74. The number of nitrogens with one attached hydrogen (secondary N) is 1. The second kappa shape index (κ2) is 5.41. The molecule has 5 nitrogen and oxygen atoms in total. The number of nitrogens with zero attached hydrogens (tertiary/aromatic N) is 1. The van der Waals surface area contributed by atoms with Crippen LogP contribution in [0.2, 0.25) is 0 Å². The molecule has 0 unspecified atom stereocenters. The van der Waals surface area contributed by atoms with Gasteiger partial charge in [-0.15, -0.1) is 11.3 Å². The lowest BCUT2D eigenvalue weighted by Gasteiger charge is -1.97. The van der Waals surface area contributed by atoms with Gasteiger partial charge in [-0.3, -0.25) is 10.1 Å². The summed E-state index contributed by atoms with van der Waals surface area (Å²) in [5, 5.41) is 13.2. The number of carbonyl (C=O) groups is 2. The quantitative estimate of drug-likeness (QED) is 0.787. The SMILES string of the molecule is CC(C)c1csc(NC(=O)/C=C/C(=O)O)n1. The van der Waals surface area contributed by atoms with Crippen molar-refractivity contribution in [2.24, 2.45) is 0 Å². The first-order chi connectivity index (χ1) is 7.49. The predicted octanol–water partition coefficient (Wildman–Crippen LogP) is 1.85. The van der Waals surface area contributed by atoms with E-state index in [-0.39, 0.29) is 0 Å². The van der Waals surface area contributed by atoms with Crippen LogP contribution in [-0.2, 0) is 9.59 Å². The van der Waals surface area contributed by atoms with Crippen LogP contribution in [0.4, 0.5) is 5.13 Å². The van der Waals surface area contributed by atoms with E-state index in [9.17, 15) is 9.59 Å². The van der Waals surface area contributed by atoms with E-state index < -0.39 is 11.9 Å². The van der Waals surface area contributed by atoms with Gasteiger partial charge in [-0.05, 0) is 5.92 Å². The first-order valence-electron chi connectivity index (χ1n) is 4.66. The van der Waals surface area contributed by atoms with Crippen molar-refractivity contribution in [1.82, 2.24) is 4.98 Å². The maximum Gasteiger partial charge on any atom is 0.328 e. The minimum Gasteiger partial charge on any atom is -0.478 e. The van der Waals surface area contributed by atoms with Gasteiger partial charge in [0.15, 0.2) is 5.13 Å². The molecular formula is C10H12N2O3S. The first-order valence-corrected chi connectivity index (χ1v) is 5.54. The van der Waals surface area contributed by atoms with E-state index in [4.69, 9.17) is 5.11 Å². The van der Waals surface area contributed by atoms with E-state index in [1.54, 1.807) is 0 Å². The fourth-order valence-corrected chi connectivity index (χ4v) is 1.78. The van der Waals surface area contributed by atoms with Crippen molar-refractivity contribution in [3.8, 4) is 0 Å². The molecule has 2 N–H and O–H groups in total. The number of carboxylic acids is 1. The van der Waals surface area contributed by atoms with Crippen LogP contribution in [0.25, 0.3) is 0 Å². The molecule has 1 aromatic heterocycles. The summed E-state index contributed by atoms with van der Waals surface area (Å²) in [5.41, 5.74) is 0.905. The fourth-order valence-electron chi connectivity index (χ4n) is 0.903. The lowest BCUT2D eigenvalue weighted by atomic mass is 10.2. The molecule has 0 spiro atoms. The molecule has 0 aromatic carbocycles. The van der Waals surface area contributed by atoms with Crippen molar-refractivity contribution >= 4 is 28.3 Å². The molecule has 16 heavy (non-hydrogen) atoms. The number of carboxylic acid groups (broad SMARTS) is 1. The topological polar surface area (TPSA) is 79.3 Å². The summed E-state index contributed by atoms with van der Waals surface area (Å²) in [4.78, 5) is 25.6. The molecule has 0 atom stereocenters. The average Bonchev–Trinajstić information content (AvgIpc) is 2.63. The summed E-state index contributed by atoms with van der Waals surface area (Å²) in [5.74, 6) is -1.35. The lowest BCUT2D eigenvalue weighted by Crippen LogP contribution is -2.08. The molecule has 1 aromatic rings. The predicted molar refractivity (Wildman–Crippen MR) is 61.6 cm³/mol. The van der Waals surface area contributed by atoms with Crippen LogP contribution in [0, 0.1) is 0 Å². The van der Waals surface area contributed by atoms with Gasteiger partial charge in [-0.2, -0.15) is 0 Å². The highest BCUT2D eigenvalue weighted by atomic mass is 32.1. The van der Waals surface area contributed by atoms with Crippen molar-refractivity contribution in [3.05, 3.63) is 23.2 Å². The Morgan fingerprint density at radius 1 is 1.50 bits per heavy atom. The summed E-state index contributed by atoms with van der Waals surface area (Å²) in [6.45, 7) is 4.01. The number of carbonyl (C=O) groups excluding carboxylic acids is 1. The summed E-state index contributed by atoms with van der Waals surface area (Å²) in [7, 11) is 0. The second-order valence-electron chi connectivity index (χ2n) is 3.39. The minimum absolute atomic E-state index is 0.302. The fraction of sp³-hybridized carbons (Fsp3) is 0.300. The van der Waals surface area contributed by atoms with Crippen LogP contribution >= 0.6 is 11.3 Å². The summed E-state index contributed by atoms with van der Waals surface area (Å²) >= 11 is 1.32. The Balaban J connectivity index is 2.59. The number of hydrogen-bond acceptors (Lipinski definition) is 4. The Morgan fingerprint density at radius 3 is 2.69 bits per heavy atom. The maximum atomic E-state index is 11.2. The molecule has 0 aliphatic carbocycles. The number of hydrogen-bond donors (Lipinski definition) is 2. The zero-order valence-electron chi connectivity index (χ0n) is 8.93. The molecular weight excluding hydrogens is 228 g/mol. The van der Waals surface area contributed by atoms with E-state index in [0.29, 0.717) is 11.0 Å². The van der Waals surface area contributed by atoms with Crippen LogP contribution < -0.4 is 5.32 Å². The van der Waals surface area contributed by atoms with Crippen LogP contribution in [0.1, 0.15) is 25.5 Å². The molecule has 0 aliphatic rings. The van der Waals surface area contributed by atoms with Gasteiger partial charge in [0.2, 0.25) is 5.91 Å². The molecule has 1 amide bonds. The Bertz CT molecular complexity index is 423. The lowest BCUT2D eigenvalue weighted by molar-refractivity contribution is -0.131. The molecule has 6 heteroatoms. The van der Waals surface area contributed by atoms with Gasteiger partial charge in [-0.1, -0.05) is 13.8 Å². The first kappa shape index (κ1) is 12.4. The molecule has 0 bridgehead atoms. The number of aliphatic carboxylic acids is 1. The van der Waals surface area contributed by atoms with E-state index in [0.717, 1.165) is 17.8 Å². The van der Waals surface area contributed by atoms with Crippen molar-refractivity contribution < 1.29 is 14.7 Å². The van der Waals surface area contributed by atoms with E-state index in [1.807, 2.05) is 19.2 Å². The normalized spacial score (nSPS) is 10.9. The van der Waals surface area contributed by atoms with Crippen LogP contribution in [0.3, 0.4) is 0 Å². The van der Waals surface area contributed by atoms with E-state index >= 15 is 0 Å². The minimum atomic E-state index is -1.16. The third-order valence-corrected chi connectivity index (χ3v) is 2.50. The zero-order valence-corrected chi connectivity index (χ0v) is 9.75. The number of aromatic nitrogens is 1. The Labute approximate surface area is 96.8 Å². The number of rotatable bonds is 4. The molecule has 0 saturated carbocycles. The molecule has 0 saturated heterocycles. The summed E-state index contributed by atoms with van der Waals surface area (Å²) < 4.78 is 0. The van der Waals surface area contributed by atoms with Crippen LogP contribution in [0.15, 0.2) is 17.5 Å². The number of anilines is 1. The van der Waals surface area contributed by atoms with E-state index in [2.05, 4.69) is 10.3 Å². The Morgan fingerprint density at radius 2 is 2.19 bits per heavy atom. The van der Waals surface area contributed by atoms with Crippen molar-refractivity contribution in [1.29, 1.82) is 0 Å². The van der Waals surface area contributed by atoms with Crippen molar-refractivity contribution in [2.45, 2.75) is 19.8 Å². The van der Waals surface area contributed by atoms with Gasteiger partial charge in [0.1, 0.15) is 0 Å². The highest BCUT2D eigenvalue weighted by Gasteiger charge is 2.07. The van der Waals surface area contributed by atoms with Crippen LogP contribution in [0.5, 0.6) is 0 Å². The third-order valence-electron chi connectivity index (χ3n) is 1.72. The zero-order chi connectivity index (χ0) is 12.1. The van der Waals surface area contributed by atoms with Gasteiger partial charge in [-0.25, -0.2) is 9.78 Å². The monoisotopic (exact) mass is 240 g/mol. The number of thiazole rings is 1. The Hall–Kier alpha value is -1.69. The smallest absolute Gasteiger partial charge is 0.328 e. The molecule has 0 radical (unpaired) electrons. The second-order valence-corrected chi connectivity index (χ2v) is 4.25. The van der Waals surface area contributed by atoms with Gasteiger partial charge in [0, 0.05) is 17.5 Å². The summed E-state index contributed by atoms with van der Waals surface area (Å²) in [6, 6.07) is 0. The third kappa shape index (κ3) is 3.82. The number of amides is 1. The van der Waals surface area contributed by atoms with Crippen molar-refractivity contribution in [2.75, 3.05) is 5.32 Å². The van der Waals surface area contributed by atoms with Gasteiger partial charge in [0.05, 0.1) is 5.69 Å². The molecule has 1 heterocycles. The Kier molecular flexibility index (Phi) is 4.19. The van der Waals surface area contributed by atoms with Gasteiger partial charge < -0.3 is 5.11 Å². The van der Waals surface area contributed by atoms with Crippen molar-refractivity contribution in [3.63, 3.8) is 0 Å². The van der Waals surface area contributed by atoms with Gasteiger partial charge >= 0.3 is 5.97 Å². The standard InChI is InChI=1S/C10H12N2O3S/c1-6(2)7-5-16-10(11-7)12-8(13)3-4-9(14)15/h3-6H,1-2H3,(H,14,15)(H,11,12,13)/b4-3+. The molecule has 86 valence electrons. The maximum absolute atomic E-state index is 11.2. The van der Waals surface area contributed by atoms with E-state index in [1.165, 1.54) is 11.3 Å². The van der Waals surface area contributed by atoms with Crippen LogP contribution in [-0.4, -0.2) is 22.0 Å². The average molecular weight is 240 g/mol. The molecule has 0 aliphatic heterocycles.